The molecule has 0 aliphatic heterocycles. The highest BCUT2D eigenvalue weighted by atomic mass is 19.1. The van der Waals surface area contributed by atoms with Gasteiger partial charge in [0.25, 0.3) is 0 Å². The number of aryl methyl sites for hydroxylation is 1. The molecule has 1 aromatic rings. The largest absolute Gasteiger partial charge is 0.480 e. The van der Waals surface area contributed by atoms with Gasteiger partial charge in [0.15, 0.2) is 0 Å². The minimum absolute atomic E-state index is 0.0934. The first-order chi connectivity index (χ1) is 9.02. The van der Waals surface area contributed by atoms with Crippen LogP contribution in [0.1, 0.15) is 38.7 Å². The van der Waals surface area contributed by atoms with Crippen LogP contribution in [0.15, 0.2) is 24.3 Å². The van der Waals surface area contributed by atoms with Crippen molar-refractivity contribution in [1.29, 1.82) is 0 Å². The summed E-state index contributed by atoms with van der Waals surface area (Å²) in [5.41, 5.74) is 0.941. The molecule has 0 aliphatic rings. The van der Waals surface area contributed by atoms with Gasteiger partial charge in [-0.25, -0.2) is 4.39 Å². The molecular weight excluding hydrogens is 245 g/mol. The van der Waals surface area contributed by atoms with Crippen molar-refractivity contribution < 1.29 is 14.3 Å². The Hall–Kier alpha value is -1.42. The normalized spacial score (nSPS) is 14.1. The van der Waals surface area contributed by atoms with Gasteiger partial charge >= 0.3 is 5.97 Å². The minimum Gasteiger partial charge on any atom is -0.480 e. The number of halogens is 1. The Kier molecular flexibility index (Phi) is 6.50. The van der Waals surface area contributed by atoms with Crippen LogP contribution in [-0.4, -0.2) is 23.2 Å². The molecule has 2 atom stereocenters. The van der Waals surface area contributed by atoms with Crippen LogP contribution < -0.4 is 5.32 Å². The van der Waals surface area contributed by atoms with Crippen LogP contribution in [0.25, 0.3) is 0 Å². The number of aliphatic carboxylic acids is 1. The fraction of sp³-hybridized carbons (Fsp3) is 0.533. The molecule has 0 bridgehead atoms. The predicted molar refractivity (Wildman–Crippen MR) is 73.7 cm³/mol. The molecule has 0 aromatic heterocycles. The maximum absolute atomic E-state index is 13.0. The number of carboxylic acid groups (broad SMARTS) is 1. The summed E-state index contributed by atoms with van der Waals surface area (Å²) in [6.45, 7) is 3.93. The van der Waals surface area contributed by atoms with Crippen LogP contribution in [0, 0.1) is 5.82 Å². The molecule has 0 amide bonds. The maximum atomic E-state index is 13.0. The van der Waals surface area contributed by atoms with Gasteiger partial charge in [0.05, 0.1) is 0 Å². The van der Waals surface area contributed by atoms with E-state index >= 15 is 0 Å². The molecule has 2 unspecified atom stereocenters. The van der Waals surface area contributed by atoms with E-state index in [2.05, 4.69) is 5.32 Å². The number of nitrogens with one attached hydrogen (secondary N) is 1. The minimum atomic E-state index is -0.806. The van der Waals surface area contributed by atoms with Crippen LogP contribution in [0.5, 0.6) is 0 Å². The van der Waals surface area contributed by atoms with Gasteiger partial charge in [-0.15, -0.1) is 0 Å². The lowest BCUT2D eigenvalue weighted by molar-refractivity contribution is -0.139. The third kappa shape index (κ3) is 5.83. The quantitative estimate of drug-likeness (QED) is 0.761. The third-order valence-corrected chi connectivity index (χ3v) is 3.12. The summed E-state index contributed by atoms with van der Waals surface area (Å²) in [7, 11) is 0. The monoisotopic (exact) mass is 267 g/mol. The van der Waals surface area contributed by atoms with Gasteiger partial charge in [-0.1, -0.05) is 25.5 Å². The van der Waals surface area contributed by atoms with Crippen molar-refractivity contribution in [1.82, 2.24) is 5.32 Å². The van der Waals surface area contributed by atoms with Crippen molar-refractivity contribution in [2.24, 2.45) is 0 Å². The second-order valence-corrected chi connectivity index (χ2v) is 4.92. The Morgan fingerprint density at radius 3 is 2.74 bits per heavy atom. The van der Waals surface area contributed by atoms with Gasteiger partial charge in [0.1, 0.15) is 11.9 Å². The van der Waals surface area contributed by atoms with Crippen LogP contribution in [-0.2, 0) is 11.2 Å². The molecule has 0 saturated carbocycles. The van der Waals surface area contributed by atoms with E-state index in [1.54, 1.807) is 6.07 Å². The molecule has 4 heteroatoms. The fourth-order valence-corrected chi connectivity index (χ4v) is 2.07. The second kappa shape index (κ2) is 7.89. The maximum Gasteiger partial charge on any atom is 0.320 e. The van der Waals surface area contributed by atoms with E-state index in [9.17, 15) is 9.18 Å². The molecule has 0 aliphatic carbocycles. The van der Waals surface area contributed by atoms with Gasteiger partial charge in [0, 0.05) is 6.04 Å². The average molecular weight is 267 g/mol. The molecule has 1 aromatic carbocycles. The number of hydrogen-bond donors (Lipinski definition) is 2. The van der Waals surface area contributed by atoms with Crippen LogP contribution >= 0.6 is 0 Å². The van der Waals surface area contributed by atoms with Crippen molar-refractivity contribution in [3.05, 3.63) is 35.6 Å². The van der Waals surface area contributed by atoms with Crippen molar-refractivity contribution in [2.45, 2.75) is 51.6 Å². The van der Waals surface area contributed by atoms with Crippen LogP contribution in [0.4, 0.5) is 4.39 Å². The van der Waals surface area contributed by atoms with Crippen molar-refractivity contribution in [3.63, 3.8) is 0 Å². The first-order valence-corrected chi connectivity index (χ1v) is 6.76. The number of rotatable bonds is 8. The summed E-state index contributed by atoms with van der Waals surface area (Å²) in [5.74, 6) is -1.04. The molecule has 0 fully saturated rings. The van der Waals surface area contributed by atoms with E-state index in [0.717, 1.165) is 24.8 Å². The first kappa shape index (κ1) is 15.6. The first-order valence-electron chi connectivity index (χ1n) is 6.76. The summed E-state index contributed by atoms with van der Waals surface area (Å²) in [6, 6.07) is 6.12. The molecule has 106 valence electrons. The Morgan fingerprint density at radius 1 is 1.42 bits per heavy atom. The highest BCUT2D eigenvalue weighted by Gasteiger charge is 2.18. The van der Waals surface area contributed by atoms with Gasteiger partial charge in [-0.3, -0.25) is 4.79 Å². The van der Waals surface area contributed by atoms with E-state index < -0.39 is 12.0 Å². The van der Waals surface area contributed by atoms with Gasteiger partial charge < -0.3 is 10.4 Å². The molecule has 3 nitrogen and oxygen atoms in total. The highest BCUT2D eigenvalue weighted by molar-refractivity contribution is 5.73. The number of benzene rings is 1. The Balaban J connectivity index is 2.42. The Bertz CT molecular complexity index is 409. The van der Waals surface area contributed by atoms with Crippen molar-refractivity contribution >= 4 is 5.97 Å². The van der Waals surface area contributed by atoms with E-state index in [0.29, 0.717) is 6.42 Å². The smallest absolute Gasteiger partial charge is 0.320 e. The zero-order chi connectivity index (χ0) is 14.3. The molecule has 0 saturated heterocycles. The molecule has 0 radical (unpaired) electrons. The molecular formula is C15H22FNO2. The molecule has 0 heterocycles. The zero-order valence-electron chi connectivity index (χ0n) is 11.5. The topological polar surface area (TPSA) is 49.3 Å². The highest BCUT2D eigenvalue weighted by Crippen LogP contribution is 2.09. The second-order valence-electron chi connectivity index (χ2n) is 4.92. The SMILES string of the molecule is CCCC(NC(C)CCc1cccc(F)c1)C(=O)O. The van der Waals surface area contributed by atoms with Gasteiger partial charge in [-0.05, 0) is 43.9 Å². The van der Waals surface area contributed by atoms with Crippen LogP contribution in [0.3, 0.4) is 0 Å². The van der Waals surface area contributed by atoms with Crippen LogP contribution in [0.2, 0.25) is 0 Å². The summed E-state index contributed by atoms with van der Waals surface area (Å²) in [5, 5.41) is 12.2. The Morgan fingerprint density at radius 2 is 2.16 bits per heavy atom. The van der Waals surface area contributed by atoms with Gasteiger partial charge in [0.2, 0.25) is 0 Å². The van der Waals surface area contributed by atoms with E-state index in [4.69, 9.17) is 5.11 Å². The molecule has 1 rings (SSSR count). The zero-order valence-corrected chi connectivity index (χ0v) is 11.5. The van der Waals surface area contributed by atoms with Crippen molar-refractivity contribution in [3.8, 4) is 0 Å². The van der Waals surface area contributed by atoms with E-state index in [-0.39, 0.29) is 11.9 Å². The number of hydrogen-bond acceptors (Lipinski definition) is 2. The lowest BCUT2D eigenvalue weighted by atomic mass is 10.0. The standard InChI is InChI=1S/C15H22FNO2/c1-3-5-14(15(18)19)17-11(2)8-9-12-6-4-7-13(16)10-12/h4,6-7,10-11,14,17H,3,5,8-9H2,1-2H3,(H,18,19). The fourth-order valence-electron chi connectivity index (χ4n) is 2.07. The molecule has 19 heavy (non-hydrogen) atoms. The van der Waals surface area contributed by atoms with Crippen molar-refractivity contribution in [2.75, 3.05) is 0 Å². The lowest BCUT2D eigenvalue weighted by Crippen LogP contribution is -2.42. The lowest BCUT2D eigenvalue weighted by Gasteiger charge is -2.19. The van der Waals surface area contributed by atoms with E-state index in [1.807, 2.05) is 19.9 Å². The summed E-state index contributed by atoms with van der Waals surface area (Å²) >= 11 is 0. The average Bonchev–Trinajstić information content (AvgIpc) is 2.36. The third-order valence-electron chi connectivity index (χ3n) is 3.12. The summed E-state index contributed by atoms with van der Waals surface area (Å²) < 4.78 is 13.0. The van der Waals surface area contributed by atoms with Gasteiger partial charge in [-0.2, -0.15) is 0 Å². The number of carboxylic acids is 1. The van der Waals surface area contributed by atoms with E-state index in [1.165, 1.54) is 12.1 Å². The molecule has 0 spiro atoms. The summed E-state index contributed by atoms with van der Waals surface area (Å²) in [4.78, 5) is 11.0. The summed E-state index contributed by atoms with van der Waals surface area (Å²) in [6.07, 6.45) is 2.99. The number of carbonyl (C=O) groups is 1. The molecule has 2 N–H and O–H groups in total. The predicted octanol–water partition coefficient (Wildman–Crippen LogP) is 2.99. The Labute approximate surface area is 113 Å².